The van der Waals surface area contributed by atoms with E-state index in [4.69, 9.17) is 0 Å². The summed E-state index contributed by atoms with van der Waals surface area (Å²) in [6.45, 7) is 2.79. The van der Waals surface area contributed by atoms with Gasteiger partial charge in [0.25, 0.3) is 0 Å². The molecule has 1 atom stereocenters. The number of aromatic nitrogens is 2. The molecule has 25 heavy (non-hydrogen) atoms. The highest BCUT2D eigenvalue weighted by molar-refractivity contribution is 5.77. The standard InChI is InChI=1S/C19H25N5O/c25-19(21-12-10-16-6-2-1-3-7-16)15-20-14-17-8-5-13-24(17)18-9-4-11-22-23-18/h1-4,6-7,9,11,17,20H,5,8,10,12-15H2,(H,21,25). The lowest BCUT2D eigenvalue weighted by atomic mass is 10.1. The summed E-state index contributed by atoms with van der Waals surface area (Å²) in [7, 11) is 0. The number of amides is 1. The molecule has 0 radical (unpaired) electrons. The van der Waals surface area contributed by atoms with Crippen LogP contribution in [0.5, 0.6) is 0 Å². The summed E-state index contributed by atoms with van der Waals surface area (Å²) in [6.07, 6.45) is 4.80. The van der Waals surface area contributed by atoms with Gasteiger partial charge in [-0.05, 0) is 37.0 Å². The molecule has 1 aliphatic heterocycles. The van der Waals surface area contributed by atoms with Crippen molar-refractivity contribution in [2.45, 2.75) is 25.3 Å². The molecule has 0 saturated carbocycles. The highest BCUT2D eigenvalue weighted by Crippen LogP contribution is 2.22. The van der Waals surface area contributed by atoms with E-state index in [0.717, 1.165) is 38.2 Å². The summed E-state index contributed by atoms with van der Waals surface area (Å²) in [6, 6.07) is 14.4. The molecule has 0 spiro atoms. The predicted octanol–water partition coefficient (Wildman–Crippen LogP) is 1.39. The van der Waals surface area contributed by atoms with E-state index in [1.54, 1.807) is 6.20 Å². The summed E-state index contributed by atoms with van der Waals surface area (Å²) in [5.74, 6) is 0.957. The molecule has 1 aromatic heterocycles. The summed E-state index contributed by atoms with van der Waals surface area (Å²) in [5, 5.41) is 14.4. The maximum atomic E-state index is 11.9. The molecule has 6 nitrogen and oxygen atoms in total. The Morgan fingerprint density at radius 3 is 2.88 bits per heavy atom. The Hall–Kier alpha value is -2.47. The molecule has 1 aromatic carbocycles. The smallest absolute Gasteiger partial charge is 0.233 e. The van der Waals surface area contributed by atoms with Crippen LogP contribution in [0.3, 0.4) is 0 Å². The van der Waals surface area contributed by atoms with Gasteiger partial charge in [-0.3, -0.25) is 4.79 Å². The van der Waals surface area contributed by atoms with Crippen LogP contribution in [0.2, 0.25) is 0 Å². The zero-order valence-electron chi connectivity index (χ0n) is 14.4. The second kappa shape index (κ2) is 9.13. The largest absolute Gasteiger partial charge is 0.355 e. The van der Waals surface area contributed by atoms with Crippen LogP contribution in [-0.4, -0.2) is 48.3 Å². The van der Waals surface area contributed by atoms with Gasteiger partial charge in [0.1, 0.15) is 0 Å². The fourth-order valence-electron chi connectivity index (χ4n) is 3.20. The molecule has 0 bridgehead atoms. The molecule has 1 amide bonds. The van der Waals surface area contributed by atoms with E-state index >= 15 is 0 Å². The molecule has 1 unspecified atom stereocenters. The molecule has 0 aliphatic carbocycles. The highest BCUT2D eigenvalue weighted by atomic mass is 16.1. The normalized spacial score (nSPS) is 16.8. The minimum atomic E-state index is 0.0416. The van der Waals surface area contributed by atoms with Crippen molar-refractivity contribution in [1.82, 2.24) is 20.8 Å². The Balaban J connectivity index is 1.35. The van der Waals surface area contributed by atoms with Crippen molar-refractivity contribution in [1.29, 1.82) is 0 Å². The lowest BCUT2D eigenvalue weighted by Gasteiger charge is -2.25. The van der Waals surface area contributed by atoms with E-state index in [2.05, 4.69) is 37.9 Å². The number of anilines is 1. The third-order valence-corrected chi connectivity index (χ3v) is 4.47. The van der Waals surface area contributed by atoms with Crippen LogP contribution in [0, 0.1) is 0 Å². The molecule has 2 N–H and O–H groups in total. The number of carbonyl (C=O) groups excluding carboxylic acids is 1. The zero-order valence-corrected chi connectivity index (χ0v) is 14.4. The van der Waals surface area contributed by atoms with Crippen molar-refractivity contribution in [3.63, 3.8) is 0 Å². The quantitative estimate of drug-likeness (QED) is 0.761. The number of benzene rings is 1. The van der Waals surface area contributed by atoms with Crippen molar-refractivity contribution < 1.29 is 4.79 Å². The second-order valence-electron chi connectivity index (χ2n) is 6.29. The minimum Gasteiger partial charge on any atom is -0.355 e. The third-order valence-electron chi connectivity index (χ3n) is 4.47. The fourth-order valence-corrected chi connectivity index (χ4v) is 3.20. The molecule has 6 heteroatoms. The fraction of sp³-hybridized carbons (Fsp3) is 0.421. The first-order chi connectivity index (χ1) is 12.3. The summed E-state index contributed by atoms with van der Waals surface area (Å²) in [5.41, 5.74) is 1.24. The number of hydrogen-bond acceptors (Lipinski definition) is 5. The highest BCUT2D eigenvalue weighted by Gasteiger charge is 2.25. The Morgan fingerprint density at radius 1 is 1.20 bits per heavy atom. The minimum absolute atomic E-state index is 0.0416. The molecule has 3 rings (SSSR count). The number of hydrogen-bond donors (Lipinski definition) is 2. The zero-order chi connectivity index (χ0) is 17.3. The van der Waals surface area contributed by atoms with Gasteiger partial charge in [-0.25, -0.2) is 0 Å². The lowest BCUT2D eigenvalue weighted by molar-refractivity contribution is -0.120. The number of nitrogens with one attached hydrogen (secondary N) is 2. The first-order valence-corrected chi connectivity index (χ1v) is 8.88. The van der Waals surface area contributed by atoms with Gasteiger partial charge in [-0.2, -0.15) is 5.10 Å². The van der Waals surface area contributed by atoms with Gasteiger partial charge in [-0.15, -0.1) is 5.10 Å². The van der Waals surface area contributed by atoms with Crippen molar-refractivity contribution in [2.75, 3.05) is 31.1 Å². The average molecular weight is 339 g/mol. The van der Waals surface area contributed by atoms with Crippen LogP contribution in [0.4, 0.5) is 5.82 Å². The number of nitrogens with zero attached hydrogens (tertiary/aromatic N) is 3. The lowest BCUT2D eigenvalue weighted by Crippen LogP contribution is -2.42. The van der Waals surface area contributed by atoms with Crippen molar-refractivity contribution in [3.05, 3.63) is 54.2 Å². The Morgan fingerprint density at radius 2 is 2.08 bits per heavy atom. The van der Waals surface area contributed by atoms with Crippen LogP contribution in [0.1, 0.15) is 18.4 Å². The van der Waals surface area contributed by atoms with Gasteiger partial charge in [0.05, 0.1) is 6.54 Å². The summed E-state index contributed by atoms with van der Waals surface area (Å²) < 4.78 is 0. The van der Waals surface area contributed by atoms with E-state index in [0.29, 0.717) is 19.1 Å². The first-order valence-electron chi connectivity index (χ1n) is 8.88. The first kappa shape index (κ1) is 17.4. The molecule has 1 saturated heterocycles. The number of carbonyl (C=O) groups is 1. The van der Waals surface area contributed by atoms with E-state index in [1.165, 1.54) is 5.56 Å². The van der Waals surface area contributed by atoms with E-state index in [-0.39, 0.29) is 5.91 Å². The summed E-state index contributed by atoms with van der Waals surface area (Å²) in [4.78, 5) is 14.2. The monoisotopic (exact) mass is 339 g/mol. The molecule has 1 aliphatic rings. The van der Waals surface area contributed by atoms with E-state index < -0.39 is 0 Å². The molecular weight excluding hydrogens is 314 g/mol. The maximum absolute atomic E-state index is 11.9. The van der Waals surface area contributed by atoms with Crippen molar-refractivity contribution in [2.24, 2.45) is 0 Å². The Kier molecular flexibility index (Phi) is 6.34. The topological polar surface area (TPSA) is 70.2 Å². The SMILES string of the molecule is O=C(CNCC1CCCN1c1cccnn1)NCCc1ccccc1. The van der Waals surface area contributed by atoms with Crippen molar-refractivity contribution >= 4 is 11.7 Å². The molecular formula is C19H25N5O. The molecule has 2 aromatic rings. The Labute approximate surface area is 148 Å². The van der Waals surface area contributed by atoms with E-state index in [1.807, 2.05) is 30.3 Å². The van der Waals surface area contributed by atoms with Gasteiger partial charge in [-0.1, -0.05) is 30.3 Å². The third kappa shape index (κ3) is 5.26. The van der Waals surface area contributed by atoms with Crippen LogP contribution < -0.4 is 15.5 Å². The van der Waals surface area contributed by atoms with Gasteiger partial charge >= 0.3 is 0 Å². The van der Waals surface area contributed by atoms with Crippen molar-refractivity contribution in [3.8, 4) is 0 Å². The van der Waals surface area contributed by atoms with Gasteiger partial charge in [0.2, 0.25) is 5.91 Å². The Bertz CT molecular complexity index is 649. The van der Waals surface area contributed by atoms with Gasteiger partial charge < -0.3 is 15.5 Å². The summed E-state index contributed by atoms with van der Waals surface area (Å²) >= 11 is 0. The van der Waals surface area contributed by atoms with Crippen LogP contribution in [-0.2, 0) is 11.2 Å². The molecule has 1 fully saturated rings. The average Bonchev–Trinajstić information content (AvgIpc) is 3.12. The van der Waals surface area contributed by atoms with Gasteiger partial charge in [0.15, 0.2) is 5.82 Å². The predicted molar refractivity (Wildman–Crippen MR) is 98.4 cm³/mol. The second-order valence-corrected chi connectivity index (χ2v) is 6.29. The number of rotatable bonds is 8. The van der Waals surface area contributed by atoms with Gasteiger partial charge in [0, 0.05) is 31.9 Å². The molecule has 2 heterocycles. The maximum Gasteiger partial charge on any atom is 0.233 e. The van der Waals surface area contributed by atoms with E-state index in [9.17, 15) is 4.79 Å². The van der Waals surface area contributed by atoms with Crippen LogP contribution in [0.15, 0.2) is 48.7 Å². The molecule has 132 valence electrons. The van der Waals surface area contributed by atoms with Crippen LogP contribution >= 0.6 is 0 Å². The van der Waals surface area contributed by atoms with Crippen LogP contribution in [0.25, 0.3) is 0 Å².